The van der Waals surface area contributed by atoms with E-state index >= 15 is 0 Å². The molecule has 2 aromatic carbocycles. The first-order chi connectivity index (χ1) is 13.2. The SMILES string of the molecule is C[C@H](c1ccccc1)N(Cc1ccco1)C(=O)Cc1ccc2c(c1)OCO2. The molecule has 0 spiro atoms. The van der Waals surface area contributed by atoms with Gasteiger partial charge in [-0.05, 0) is 42.3 Å². The van der Waals surface area contributed by atoms with E-state index in [1.165, 1.54) is 0 Å². The number of hydrogen-bond acceptors (Lipinski definition) is 4. The monoisotopic (exact) mass is 363 g/mol. The fourth-order valence-corrected chi connectivity index (χ4v) is 3.25. The molecule has 0 radical (unpaired) electrons. The third kappa shape index (κ3) is 3.82. The van der Waals surface area contributed by atoms with Crippen molar-refractivity contribution in [2.24, 2.45) is 0 Å². The quantitative estimate of drug-likeness (QED) is 0.654. The minimum Gasteiger partial charge on any atom is -0.467 e. The van der Waals surface area contributed by atoms with Crippen LogP contribution in [-0.2, 0) is 17.8 Å². The fraction of sp³-hybridized carbons (Fsp3) is 0.227. The van der Waals surface area contributed by atoms with Gasteiger partial charge in [-0.2, -0.15) is 0 Å². The van der Waals surface area contributed by atoms with Crippen molar-refractivity contribution in [3.05, 3.63) is 83.8 Å². The van der Waals surface area contributed by atoms with Crippen LogP contribution in [-0.4, -0.2) is 17.6 Å². The Kier molecular flexibility index (Phi) is 4.83. The standard InChI is InChI=1S/C22H21NO4/c1-16(18-6-3-2-4-7-18)23(14-19-8-5-11-25-19)22(24)13-17-9-10-20-21(12-17)27-15-26-20/h2-12,16H,13-15H2,1H3/t16-/m1/s1. The molecule has 27 heavy (non-hydrogen) atoms. The predicted octanol–water partition coefficient (Wildman–Crippen LogP) is 4.34. The molecule has 1 atom stereocenters. The van der Waals surface area contributed by atoms with Crippen LogP contribution in [0, 0.1) is 0 Å². The van der Waals surface area contributed by atoms with Gasteiger partial charge >= 0.3 is 0 Å². The molecular weight excluding hydrogens is 342 g/mol. The Morgan fingerprint density at radius 3 is 2.63 bits per heavy atom. The van der Waals surface area contributed by atoms with Crippen LogP contribution < -0.4 is 9.47 Å². The van der Waals surface area contributed by atoms with Crippen molar-refractivity contribution in [3.63, 3.8) is 0 Å². The minimum atomic E-state index is -0.0715. The highest BCUT2D eigenvalue weighted by molar-refractivity contribution is 5.79. The first-order valence-electron chi connectivity index (χ1n) is 8.96. The molecule has 0 N–H and O–H groups in total. The molecular formula is C22H21NO4. The molecule has 1 aliphatic heterocycles. The molecule has 1 amide bonds. The summed E-state index contributed by atoms with van der Waals surface area (Å²) in [6.07, 6.45) is 1.91. The van der Waals surface area contributed by atoms with Gasteiger partial charge in [0.25, 0.3) is 0 Å². The Morgan fingerprint density at radius 1 is 1.04 bits per heavy atom. The topological polar surface area (TPSA) is 51.9 Å². The molecule has 0 saturated carbocycles. The number of ether oxygens (including phenoxy) is 2. The van der Waals surface area contributed by atoms with Crippen LogP contribution in [0.25, 0.3) is 0 Å². The zero-order chi connectivity index (χ0) is 18.6. The molecule has 0 bridgehead atoms. The molecule has 2 heterocycles. The van der Waals surface area contributed by atoms with Gasteiger partial charge in [0.1, 0.15) is 5.76 Å². The average molecular weight is 363 g/mol. The van der Waals surface area contributed by atoms with E-state index in [9.17, 15) is 4.79 Å². The van der Waals surface area contributed by atoms with E-state index in [1.807, 2.05) is 72.5 Å². The van der Waals surface area contributed by atoms with Crippen LogP contribution in [0.3, 0.4) is 0 Å². The number of amides is 1. The summed E-state index contributed by atoms with van der Waals surface area (Å²) in [5.74, 6) is 2.20. The van der Waals surface area contributed by atoms with Crippen LogP contribution in [0.4, 0.5) is 0 Å². The van der Waals surface area contributed by atoms with Crippen LogP contribution >= 0.6 is 0 Å². The average Bonchev–Trinajstić information content (AvgIpc) is 3.37. The Morgan fingerprint density at radius 2 is 1.85 bits per heavy atom. The van der Waals surface area contributed by atoms with Gasteiger partial charge in [-0.15, -0.1) is 0 Å². The molecule has 138 valence electrons. The van der Waals surface area contributed by atoms with Crippen LogP contribution in [0.15, 0.2) is 71.3 Å². The number of carbonyl (C=O) groups excluding carboxylic acids is 1. The van der Waals surface area contributed by atoms with Crippen molar-refractivity contribution in [2.45, 2.75) is 25.9 Å². The smallest absolute Gasteiger partial charge is 0.231 e. The second-order valence-electron chi connectivity index (χ2n) is 6.55. The van der Waals surface area contributed by atoms with E-state index in [0.717, 1.165) is 22.6 Å². The molecule has 5 nitrogen and oxygen atoms in total. The van der Waals surface area contributed by atoms with Crippen molar-refractivity contribution < 1.29 is 18.7 Å². The van der Waals surface area contributed by atoms with E-state index in [2.05, 4.69) is 0 Å². The maximum atomic E-state index is 13.2. The number of furan rings is 1. The Hall–Kier alpha value is -3.21. The minimum absolute atomic E-state index is 0.0293. The zero-order valence-corrected chi connectivity index (χ0v) is 15.1. The van der Waals surface area contributed by atoms with Gasteiger partial charge in [0, 0.05) is 0 Å². The van der Waals surface area contributed by atoms with E-state index in [0.29, 0.717) is 12.3 Å². The van der Waals surface area contributed by atoms with Crippen LogP contribution in [0.1, 0.15) is 29.9 Å². The lowest BCUT2D eigenvalue weighted by Crippen LogP contribution is -2.34. The lowest BCUT2D eigenvalue weighted by atomic mass is 10.0. The molecule has 1 aliphatic rings. The molecule has 4 rings (SSSR count). The Labute approximate surface area is 158 Å². The van der Waals surface area contributed by atoms with Crippen molar-refractivity contribution in [3.8, 4) is 11.5 Å². The summed E-state index contributed by atoms with van der Waals surface area (Å²) >= 11 is 0. The van der Waals surface area contributed by atoms with Gasteiger partial charge in [0.2, 0.25) is 12.7 Å². The summed E-state index contributed by atoms with van der Waals surface area (Å²) in [4.78, 5) is 15.0. The van der Waals surface area contributed by atoms with Crippen molar-refractivity contribution in [1.82, 2.24) is 4.90 Å². The Balaban J connectivity index is 1.56. The maximum Gasteiger partial charge on any atom is 0.231 e. The molecule has 5 heteroatoms. The van der Waals surface area contributed by atoms with E-state index in [-0.39, 0.29) is 25.2 Å². The van der Waals surface area contributed by atoms with E-state index in [1.54, 1.807) is 6.26 Å². The lowest BCUT2D eigenvalue weighted by molar-refractivity contribution is -0.133. The van der Waals surface area contributed by atoms with E-state index in [4.69, 9.17) is 13.9 Å². The van der Waals surface area contributed by atoms with Crippen LogP contribution in [0.5, 0.6) is 11.5 Å². The first kappa shape index (κ1) is 17.2. The van der Waals surface area contributed by atoms with Gasteiger partial charge in [0.05, 0.1) is 25.3 Å². The second kappa shape index (κ2) is 7.58. The molecule has 3 aromatic rings. The molecule has 1 aromatic heterocycles. The summed E-state index contributed by atoms with van der Waals surface area (Å²) in [7, 11) is 0. The van der Waals surface area contributed by atoms with Crippen molar-refractivity contribution in [2.75, 3.05) is 6.79 Å². The van der Waals surface area contributed by atoms with Crippen molar-refractivity contribution >= 4 is 5.91 Å². The number of carbonyl (C=O) groups is 1. The summed E-state index contributed by atoms with van der Waals surface area (Å²) in [6, 6.07) is 19.3. The highest BCUT2D eigenvalue weighted by Gasteiger charge is 2.24. The number of nitrogens with zero attached hydrogens (tertiary/aromatic N) is 1. The molecule has 0 saturated heterocycles. The second-order valence-corrected chi connectivity index (χ2v) is 6.55. The fourth-order valence-electron chi connectivity index (χ4n) is 3.25. The summed E-state index contributed by atoms with van der Waals surface area (Å²) < 4.78 is 16.2. The number of fused-ring (bicyclic) bond motifs is 1. The first-order valence-corrected chi connectivity index (χ1v) is 8.96. The normalized spacial score (nSPS) is 13.4. The number of rotatable bonds is 6. The van der Waals surface area contributed by atoms with Gasteiger partial charge < -0.3 is 18.8 Å². The predicted molar refractivity (Wildman–Crippen MR) is 100 cm³/mol. The summed E-state index contributed by atoms with van der Waals surface area (Å²) in [5.41, 5.74) is 1.98. The highest BCUT2D eigenvalue weighted by atomic mass is 16.7. The number of hydrogen-bond donors (Lipinski definition) is 0. The van der Waals surface area contributed by atoms with Gasteiger partial charge in [-0.25, -0.2) is 0 Å². The van der Waals surface area contributed by atoms with E-state index < -0.39 is 0 Å². The van der Waals surface area contributed by atoms with Crippen molar-refractivity contribution in [1.29, 1.82) is 0 Å². The maximum absolute atomic E-state index is 13.2. The Bertz CT molecular complexity index is 905. The molecule has 0 fully saturated rings. The molecule has 0 unspecified atom stereocenters. The highest BCUT2D eigenvalue weighted by Crippen LogP contribution is 2.33. The summed E-state index contributed by atoms with van der Waals surface area (Å²) in [6.45, 7) is 2.69. The lowest BCUT2D eigenvalue weighted by Gasteiger charge is -2.29. The molecule has 0 aliphatic carbocycles. The van der Waals surface area contributed by atoms with Gasteiger partial charge in [-0.1, -0.05) is 36.4 Å². The third-order valence-corrected chi connectivity index (χ3v) is 4.77. The van der Waals surface area contributed by atoms with Gasteiger partial charge in [0.15, 0.2) is 11.5 Å². The van der Waals surface area contributed by atoms with Gasteiger partial charge in [-0.3, -0.25) is 4.79 Å². The third-order valence-electron chi connectivity index (χ3n) is 4.77. The largest absolute Gasteiger partial charge is 0.467 e. The zero-order valence-electron chi connectivity index (χ0n) is 15.1. The van der Waals surface area contributed by atoms with Crippen LogP contribution in [0.2, 0.25) is 0 Å². The summed E-state index contributed by atoms with van der Waals surface area (Å²) in [5, 5.41) is 0. The number of benzene rings is 2.